The molecule has 0 aliphatic rings. The minimum absolute atomic E-state index is 0.121. The van der Waals surface area contributed by atoms with Crippen LogP contribution in [0.1, 0.15) is 233 Å². The minimum Gasteiger partial charge on any atom is -0.464 e. The fourth-order valence-electron chi connectivity index (χ4n) is 8.52. The lowest BCUT2D eigenvalue weighted by atomic mass is 10.1. The summed E-state index contributed by atoms with van der Waals surface area (Å²) in [4.78, 5) is 54.1. The first-order chi connectivity index (χ1) is 36.0. The number of carbonyl (C=O) groups is 4. The summed E-state index contributed by atoms with van der Waals surface area (Å²) in [5.41, 5.74) is 0. The van der Waals surface area contributed by atoms with Crippen molar-refractivity contribution in [1.29, 1.82) is 0 Å². The van der Waals surface area contributed by atoms with E-state index in [-0.39, 0.29) is 92.1 Å². The highest BCUT2D eigenvalue weighted by Crippen LogP contribution is 2.13. The molecule has 16 nitrogen and oxygen atoms in total. The van der Waals surface area contributed by atoms with E-state index < -0.39 is 48.3 Å². The zero-order chi connectivity index (χ0) is 54.5. The third-order valence-electron chi connectivity index (χ3n) is 13.3. The predicted molar refractivity (Wildman–Crippen MR) is 293 cm³/mol. The molecular formula is C58H112N2O14. The second-order valence-corrected chi connectivity index (χ2v) is 20.4. The molecule has 0 aromatic heterocycles. The van der Waals surface area contributed by atoms with Crippen molar-refractivity contribution in [2.75, 3.05) is 92.1 Å². The number of aliphatic hydroxyl groups excluding tert-OH is 4. The SMILES string of the molecule is CCCCCCCCCCOC(=O)C(O)CN(CCOCCOCCN(CC(O)C(=O)OCCCCCCCCCC)CC(O)C(=O)OCCCCCCCCCC)CC(O)C(=O)OCCCCCCCCCC. The molecule has 0 spiro atoms. The summed E-state index contributed by atoms with van der Waals surface area (Å²) in [5, 5.41) is 43.2. The number of hydrogen-bond donors (Lipinski definition) is 4. The van der Waals surface area contributed by atoms with Crippen molar-refractivity contribution in [3.8, 4) is 0 Å². The van der Waals surface area contributed by atoms with Crippen molar-refractivity contribution >= 4 is 23.9 Å². The highest BCUT2D eigenvalue weighted by molar-refractivity contribution is 5.76. The van der Waals surface area contributed by atoms with Gasteiger partial charge < -0.3 is 48.8 Å². The maximum atomic E-state index is 12.7. The lowest BCUT2D eigenvalue weighted by Gasteiger charge is -2.26. The normalized spacial score (nSPS) is 13.3. The average molecular weight is 1060 g/mol. The number of hydrogen-bond acceptors (Lipinski definition) is 16. The van der Waals surface area contributed by atoms with Gasteiger partial charge in [0.05, 0.1) is 52.9 Å². The molecule has 4 atom stereocenters. The molecule has 0 aromatic carbocycles. The van der Waals surface area contributed by atoms with E-state index in [0.717, 1.165) is 77.0 Å². The Hall–Kier alpha value is -2.44. The molecule has 0 aromatic rings. The van der Waals surface area contributed by atoms with Crippen molar-refractivity contribution in [2.24, 2.45) is 0 Å². The van der Waals surface area contributed by atoms with Gasteiger partial charge in [-0.05, 0) is 25.7 Å². The Labute approximate surface area is 450 Å². The molecule has 0 bridgehead atoms. The van der Waals surface area contributed by atoms with Crippen LogP contribution >= 0.6 is 0 Å². The van der Waals surface area contributed by atoms with Gasteiger partial charge in [0.15, 0.2) is 24.4 Å². The summed E-state index contributed by atoms with van der Waals surface area (Å²) in [6.45, 7) is 9.71. The Morgan fingerprint density at radius 1 is 0.284 bits per heavy atom. The number of rotatable bonds is 57. The van der Waals surface area contributed by atoms with Crippen molar-refractivity contribution in [3.63, 3.8) is 0 Å². The van der Waals surface area contributed by atoms with E-state index in [1.807, 2.05) is 0 Å². The Morgan fingerprint density at radius 3 is 0.676 bits per heavy atom. The molecule has 0 saturated carbocycles. The average Bonchev–Trinajstić information content (AvgIpc) is 3.39. The first-order valence-electron chi connectivity index (χ1n) is 30.0. The monoisotopic (exact) mass is 1060 g/mol. The Kier molecular flexibility index (Phi) is 52.2. The van der Waals surface area contributed by atoms with Crippen LogP contribution in [-0.2, 0) is 47.6 Å². The summed E-state index contributed by atoms with van der Waals surface area (Å²) in [5.74, 6) is -3.06. The highest BCUT2D eigenvalue weighted by atomic mass is 16.6. The number of ether oxygens (including phenoxy) is 6. The van der Waals surface area contributed by atoms with Crippen LogP contribution in [0, 0.1) is 0 Å². The van der Waals surface area contributed by atoms with E-state index >= 15 is 0 Å². The summed E-state index contributed by atoms with van der Waals surface area (Å²) in [7, 11) is 0. The molecule has 0 radical (unpaired) electrons. The molecule has 4 N–H and O–H groups in total. The lowest BCUT2D eigenvalue weighted by Crippen LogP contribution is -2.45. The van der Waals surface area contributed by atoms with Crippen LogP contribution in [0.25, 0.3) is 0 Å². The maximum absolute atomic E-state index is 12.7. The summed E-state index contributed by atoms with van der Waals surface area (Å²) < 4.78 is 33.0. The summed E-state index contributed by atoms with van der Waals surface area (Å²) >= 11 is 0. The molecule has 4 unspecified atom stereocenters. The van der Waals surface area contributed by atoms with Gasteiger partial charge >= 0.3 is 23.9 Å². The van der Waals surface area contributed by atoms with Gasteiger partial charge in [-0.1, -0.05) is 207 Å². The first-order valence-corrected chi connectivity index (χ1v) is 30.0. The van der Waals surface area contributed by atoms with Crippen LogP contribution in [0.2, 0.25) is 0 Å². The second kappa shape index (κ2) is 53.9. The van der Waals surface area contributed by atoms with E-state index in [1.165, 1.54) is 103 Å². The van der Waals surface area contributed by atoms with E-state index in [2.05, 4.69) is 27.7 Å². The largest absolute Gasteiger partial charge is 0.464 e. The molecule has 0 rings (SSSR count). The van der Waals surface area contributed by atoms with Gasteiger partial charge in [0, 0.05) is 39.3 Å². The molecule has 438 valence electrons. The Morgan fingerprint density at radius 2 is 0.473 bits per heavy atom. The van der Waals surface area contributed by atoms with Gasteiger partial charge in [0.2, 0.25) is 0 Å². The molecule has 0 aliphatic heterocycles. The Balaban J connectivity index is 5.21. The number of carbonyl (C=O) groups excluding carboxylic acids is 4. The molecule has 74 heavy (non-hydrogen) atoms. The fraction of sp³-hybridized carbons (Fsp3) is 0.931. The zero-order valence-corrected chi connectivity index (χ0v) is 47.6. The number of nitrogens with zero attached hydrogens (tertiary/aromatic N) is 2. The zero-order valence-electron chi connectivity index (χ0n) is 47.6. The van der Waals surface area contributed by atoms with Gasteiger partial charge in [-0.3, -0.25) is 9.80 Å². The second-order valence-electron chi connectivity index (χ2n) is 20.4. The fourth-order valence-corrected chi connectivity index (χ4v) is 8.52. The van der Waals surface area contributed by atoms with Crippen LogP contribution in [0.5, 0.6) is 0 Å². The van der Waals surface area contributed by atoms with Crippen LogP contribution in [-0.4, -0.2) is 171 Å². The third kappa shape index (κ3) is 45.7. The molecule has 0 fully saturated rings. The molecular weight excluding hydrogens is 949 g/mol. The van der Waals surface area contributed by atoms with Gasteiger partial charge in [-0.15, -0.1) is 0 Å². The molecule has 0 aliphatic carbocycles. The van der Waals surface area contributed by atoms with Gasteiger partial charge in [0.25, 0.3) is 0 Å². The van der Waals surface area contributed by atoms with Gasteiger partial charge in [0.1, 0.15) is 0 Å². The number of unbranched alkanes of at least 4 members (excludes halogenated alkanes) is 28. The number of esters is 4. The van der Waals surface area contributed by atoms with E-state index in [1.54, 1.807) is 9.80 Å². The van der Waals surface area contributed by atoms with E-state index in [9.17, 15) is 39.6 Å². The molecule has 16 heteroatoms. The highest BCUT2D eigenvalue weighted by Gasteiger charge is 2.27. The third-order valence-corrected chi connectivity index (χ3v) is 13.3. The minimum atomic E-state index is -1.50. The predicted octanol–water partition coefficient (Wildman–Crippen LogP) is 9.80. The molecule has 0 heterocycles. The van der Waals surface area contributed by atoms with Crippen LogP contribution in [0.15, 0.2) is 0 Å². The quantitative estimate of drug-likeness (QED) is 0.0254. The van der Waals surface area contributed by atoms with Gasteiger partial charge in [-0.25, -0.2) is 19.2 Å². The van der Waals surface area contributed by atoms with Crippen molar-refractivity contribution in [2.45, 2.75) is 258 Å². The van der Waals surface area contributed by atoms with E-state index in [0.29, 0.717) is 25.7 Å². The standard InChI is InChI=1S/C58H112N2O14/c1-5-9-13-17-21-25-29-33-39-71-55(65)51(61)47-59(48-52(62)56(66)72-40-34-30-26-22-18-14-10-6-2)37-43-69-45-46-70-44-38-60(49-53(63)57(67)73-41-35-31-27-23-19-15-11-7-3)50-54(64)58(68)74-42-36-32-28-24-20-16-12-8-4/h51-54,61-64H,5-50H2,1-4H3. The van der Waals surface area contributed by atoms with Crippen LogP contribution in [0.4, 0.5) is 0 Å². The van der Waals surface area contributed by atoms with Gasteiger partial charge in [-0.2, -0.15) is 0 Å². The summed E-state index contributed by atoms with van der Waals surface area (Å²) in [6.07, 6.45) is 29.0. The van der Waals surface area contributed by atoms with Crippen LogP contribution in [0.3, 0.4) is 0 Å². The van der Waals surface area contributed by atoms with Crippen molar-refractivity contribution in [3.05, 3.63) is 0 Å². The maximum Gasteiger partial charge on any atom is 0.336 e. The molecule has 0 saturated heterocycles. The number of aliphatic hydroxyl groups is 4. The first kappa shape index (κ1) is 71.6. The van der Waals surface area contributed by atoms with Crippen LogP contribution < -0.4 is 0 Å². The van der Waals surface area contributed by atoms with Crippen molar-refractivity contribution < 1.29 is 68.0 Å². The topological polar surface area (TPSA) is 211 Å². The van der Waals surface area contributed by atoms with E-state index in [4.69, 9.17) is 28.4 Å². The molecule has 0 amide bonds. The lowest BCUT2D eigenvalue weighted by molar-refractivity contribution is -0.158. The Bertz CT molecular complexity index is 1100. The van der Waals surface area contributed by atoms with Crippen molar-refractivity contribution in [1.82, 2.24) is 9.80 Å². The smallest absolute Gasteiger partial charge is 0.336 e. The summed E-state index contributed by atoms with van der Waals surface area (Å²) in [6, 6.07) is 0.